The molecule has 1 aliphatic rings. The van der Waals surface area contributed by atoms with E-state index in [0.29, 0.717) is 11.9 Å². The summed E-state index contributed by atoms with van der Waals surface area (Å²) in [6.07, 6.45) is 10.3. The van der Waals surface area contributed by atoms with Gasteiger partial charge in [0.1, 0.15) is 6.33 Å². The quantitative estimate of drug-likeness (QED) is 0.857. The summed E-state index contributed by atoms with van der Waals surface area (Å²) in [6.45, 7) is 0.896. The fraction of sp³-hybridized carbons (Fsp3) is 0.500. The van der Waals surface area contributed by atoms with Crippen LogP contribution in [-0.2, 0) is 0 Å². The minimum absolute atomic E-state index is 0.215. The Kier molecular flexibility index (Phi) is 3.26. The summed E-state index contributed by atoms with van der Waals surface area (Å²) >= 11 is 0. The van der Waals surface area contributed by atoms with E-state index in [1.54, 1.807) is 23.3 Å². The number of nitrogens with one attached hydrogen (secondary N) is 1. The monoisotopic (exact) mass is 259 g/mol. The number of imidazole rings is 1. The number of anilines is 2. The number of nitrogens with two attached hydrogens (primary N) is 1. The minimum atomic E-state index is 0.215. The smallest absolute Gasteiger partial charge is 0.241 e. The normalized spacial score (nSPS) is 15.8. The van der Waals surface area contributed by atoms with Gasteiger partial charge in [0.25, 0.3) is 0 Å². The summed E-state index contributed by atoms with van der Waals surface area (Å²) < 4.78 is 1.71. The maximum absolute atomic E-state index is 5.71. The Labute approximate surface area is 111 Å². The first-order chi connectivity index (χ1) is 9.31. The van der Waals surface area contributed by atoms with E-state index in [1.807, 2.05) is 0 Å². The van der Waals surface area contributed by atoms with Gasteiger partial charge < -0.3 is 11.1 Å². The Morgan fingerprint density at radius 3 is 2.84 bits per heavy atom. The van der Waals surface area contributed by atoms with Crippen LogP contribution in [0.15, 0.2) is 18.7 Å². The third-order valence-electron chi connectivity index (χ3n) is 3.40. The zero-order valence-electron chi connectivity index (χ0n) is 10.7. The summed E-state index contributed by atoms with van der Waals surface area (Å²) in [6, 6.07) is 0. The van der Waals surface area contributed by atoms with Gasteiger partial charge in [0, 0.05) is 18.9 Å². The molecule has 0 aliphatic heterocycles. The zero-order valence-corrected chi connectivity index (χ0v) is 10.7. The molecule has 100 valence electrons. The van der Waals surface area contributed by atoms with E-state index < -0.39 is 0 Å². The van der Waals surface area contributed by atoms with Gasteiger partial charge >= 0.3 is 0 Å². The van der Waals surface area contributed by atoms with Crippen molar-refractivity contribution < 1.29 is 0 Å². The standard InChI is InChI=1S/C12H17N7/c13-10-16-11(15-7-9-3-1-2-4-9)18-12(17-10)19-6-5-14-8-19/h5-6,8-9H,1-4,7H2,(H3,13,15,16,17,18). The fourth-order valence-electron chi connectivity index (χ4n) is 2.40. The lowest BCUT2D eigenvalue weighted by Crippen LogP contribution is -2.15. The molecule has 0 saturated heterocycles. The molecular formula is C12H17N7. The van der Waals surface area contributed by atoms with Crippen LogP contribution in [-0.4, -0.2) is 31.0 Å². The second-order valence-corrected chi connectivity index (χ2v) is 4.82. The predicted molar refractivity (Wildman–Crippen MR) is 71.8 cm³/mol. The summed E-state index contributed by atoms with van der Waals surface area (Å²) in [5, 5.41) is 3.25. The predicted octanol–water partition coefficient (Wildman–Crippen LogP) is 1.24. The van der Waals surface area contributed by atoms with Gasteiger partial charge in [-0.05, 0) is 18.8 Å². The third kappa shape index (κ3) is 2.81. The Balaban J connectivity index is 1.74. The van der Waals surface area contributed by atoms with E-state index in [2.05, 4.69) is 25.3 Å². The van der Waals surface area contributed by atoms with Crippen molar-refractivity contribution in [3.63, 3.8) is 0 Å². The van der Waals surface area contributed by atoms with Crippen LogP contribution in [0, 0.1) is 5.92 Å². The topological polar surface area (TPSA) is 94.5 Å². The van der Waals surface area contributed by atoms with Crippen LogP contribution in [0.1, 0.15) is 25.7 Å². The number of aromatic nitrogens is 5. The molecule has 0 amide bonds. The molecule has 0 atom stereocenters. The first-order valence-corrected chi connectivity index (χ1v) is 6.55. The van der Waals surface area contributed by atoms with Crippen molar-refractivity contribution >= 4 is 11.9 Å². The van der Waals surface area contributed by atoms with Gasteiger partial charge in [-0.15, -0.1) is 0 Å². The molecule has 0 aromatic carbocycles. The van der Waals surface area contributed by atoms with E-state index in [1.165, 1.54) is 25.7 Å². The lowest BCUT2D eigenvalue weighted by molar-refractivity contribution is 0.577. The van der Waals surface area contributed by atoms with E-state index in [-0.39, 0.29) is 5.95 Å². The Bertz CT molecular complexity index is 531. The van der Waals surface area contributed by atoms with Crippen LogP contribution in [0.5, 0.6) is 0 Å². The third-order valence-corrected chi connectivity index (χ3v) is 3.40. The molecule has 7 heteroatoms. The second-order valence-electron chi connectivity index (χ2n) is 4.82. The van der Waals surface area contributed by atoms with Crippen molar-refractivity contribution in [2.45, 2.75) is 25.7 Å². The molecule has 1 fully saturated rings. The van der Waals surface area contributed by atoms with E-state index in [9.17, 15) is 0 Å². The second kappa shape index (κ2) is 5.21. The Hall–Kier alpha value is -2.18. The van der Waals surface area contributed by atoms with E-state index >= 15 is 0 Å². The lowest BCUT2D eigenvalue weighted by Gasteiger charge is -2.11. The highest BCUT2D eigenvalue weighted by Gasteiger charge is 2.15. The first-order valence-electron chi connectivity index (χ1n) is 6.55. The van der Waals surface area contributed by atoms with Crippen LogP contribution in [0.2, 0.25) is 0 Å². The fourth-order valence-corrected chi connectivity index (χ4v) is 2.40. The number of nitrogen functional groups attached to an aromatic ring is 1. The maximum Gasteiger partial charge on any atom is 0.241 e. The maximum atomic E-state index is 5.71. The number of nitrogens with zero attached hydrogens (tertiary/aromatic N) is 5. The molecule has 2 aromatic heterocycles. The summed E-state index contributed by atoms with van der Waals surface area (Å²) in [5.41, 5.74) is 5.71. The summed E-state index contributed by atoms with van der Waals surface area (Å²) in [7, 11) is 0. The van der Waals surface area contributed by atoms with Gasteiger partial charge in [0.2, 0.25) is 17.8 Å². The van der Waals surface area contributed by atoms with Crippen molar-refractivity contribution in [3.05, 3.63) is 18.7 Å². The van der Waals surface area contributed by atoms with Crippen molar-refractivity contribution in [2.75, 3.05) is 17.6 Å². The molecule has 7 nitrogen and oxygen atoms in total. The minimum Gasteiger partial charge on any atom is -0.368 e. The SMILES string of the molecule is Nc1nc(NCC2CCCC2)nc(-n2ccnc2)n1. The molecule has 2 heterocycles. The van der Waals surface area contributed by atoms with Gasteiger partial charge in [0.15, 0.2) is 0 Å². The van der Waals surface area contributed by atoms with Gasteiger partial charge in [-0.3, -0.25) is 4.57 Å². The molecule has 19 heavy (non-hydrogen) atoms. The van der Waals surface area contributed by atoms with Crippen molar-refractivity contribution in [1.82, 2.24) is 24.5 Å². The van der Waals surface area contributed by atoms with Crippen LogP contribution in [0.4, 0.5) is 11.9 Å². The van der Waals surface area contributed by atoms with Gasteiger partial charge in [-0.2, -0.15) is 15.0 Å². The largest absolute Gasteiger partial charge is 0.368 e. The summed E-state index contributed by atoms with van der Waals surface area (Å²) in [5.74, 6) is 1.95. The van der Waals surface area contributed by atoms with Crippen LogP contribution in [0.3, 0.4) is 0 Å². The first kappa shape index (κ1) is 11.9. The molecule has 0 unspecified atom stereocenters. The number of hydrogen-bond donors (Lipinski definition) is 2. The molecule has 3 rings (SSSR count). The highest BCUT2D eigenvalue weighted by molar-refractivity contribution is 5.35. The van der Waals surface area contributed by atoms with Crippen LogP contribution in [0.25, 0.3) is 5.95 Å². The lowest BCUT2D eigenvalue weighted by atomic mass is 10.1. The van der Waals surface area contributed by atoms with Gasteiger partial charge in [-0.1, -0.05) is 12.8 Å². The average Bonchev–Trinajstić information content (AvgIpc) is 3.09. The Morgan fingerprint density at radius 2 is 2.11 bits per heavy atom. The molecule has 0 bridgehead atoms. The number of rotatable bonds is 4. The molecule has 1 aliphatic carbocycles. The number of hydrogen-bond acceptors (Lipinski definition) is 6. The van der Waals surface area contributed by atoms with Gasteiger partial charge in [-0.25, -0.2) is 4.98 Å². The van der Waals surface area contributed by atoms with Crippen LogP contribution < -0.4 is 11.1 Å². The molecular weight excluding hydrogens is 242 g/mol. The average molecular weight is 259 g/mol. The van der Waals surface area contributed by atoms with Crippen LogP contribution >= 0.6 is 0 Å². The molecule has 0 spiro atoms. The highest BCUT2D eigenvalue weighted by Crippen LogP contribution is 2.24. The molecule has 1 saturated carbocycles. The van der Waals surface area contributed by atoms with Crippen molar-refractivity contribution in [2.24, 2.45) is 5.92 Å². The summed E-state index contributed by atoms with van der Waals surface area (Å²) in [4.78, 5) is 16.5. The molecule has 2 aromatic rings. The van der Waals surface area contributed by atoms with Crippen molar-refractivity contribution in [1.29, 1.82) is 0 Å². The highest BCUT2D eigenvalue weighted by atomic mass is 15.3. The van der Waals surface area contributed by atoms with Crippen molar-refractivity contribution in [3.8, 4) is 5.95 Å². The molecule has 3 N–H and O–H groups in total. The molecule has 0 radical (unpaired) electrons. The van der Waals surface area contributed by atoms with E-state index in [4.69, 9.17) is 5.73 Å². The zero-order chi connectivity index (χ0) is 13.1. The van der Waals surface area contributed by atoms with Gasteiger partial charge in [0.05, 0.1) is 0 Å². The Morgan fingerprint density at radius 1 is 1.26 bits per heavy atom. The van der Waals surface area contributed by atoms with E-state index in [0.717, 1.165) is 12.5 Å².